The third-order valence-electron chi connectivity index (χ3n) is 0.716. The SMILES string of the molecule is C=NOCCC(=O)OC. The van der Waals surface area contributed by atoms with Gasteiger partial charge >= 0.3 is 5.97 Å². The molecule has 0 aliphatic rings. The monoisotopic (exact) mass is 131 g/mol. The molecule has 0 heterocycles. The fraction of sp³-hybridized carbons (Fsp3) is 0.600. The highest BCUT2D eigenvalue weighted by Gasteiger charge is 1.97. The van der Waals surface area contributed by atoms with E-state index in [0.29, 0.717) is 0 Å². The Bertz CT molecular complexity index is 102. The summed E-state index contributed by atoms with van der Waals surface area (Å²) in [4.78, 5) is 14.7. The Balaban J connectivity index is 3.06. The van der Waals surface area contributed by atoms with Gasteiger partial charge in [-0.3, -0.25) is 4.79 Å². The number of carbonyl (C=O) groups is 1. The molecular weight excluding hydrogens is 122 g/mol. The molecule has 0 aromatic carbocycles. The van der Waals surface area contributed by atoms with E-state index in [4.69, 9.17) is 0 Å². The molecule has 0 saturated heterocycles. The van der Waals surface area contributed by atoms with Gasteiger partial charge in [-0.15, -0.1) is 5.16 Å². The summed E-state index contributed by atoms with van der Waals surface area (Å²) in [6, 6.07) is 0. The summed E-state index contributed by atoms with van der Waals surface area (Å²) in [5.74, 6) is -0.307. The minimum absolute atomic E-state index is 0.218. The lowest BCUT2D eigenvalue weighted by Gasteiger charge is -1.95. The number of rotatable bonds is 4. The van der Waals surface area contributed by atoms with Gasteiger partial charge in [0.25, 0.3) is 0 Å². The van der Waals surface area contributed by atoms with E-state index in [9.17, 15) is 4.79 Å². The second-order valence-electron chi connectivity index (χ2n) is 1.29. The summed E-state index contributed by atoms with van der Waals surface area (Å²) in [6.07, 6.45) is 0.218. The summed E-state index contributed by atoms with van der Waals surface area (Å²) >= 11 is 0. The molecule has 0 bridgehead atoms. The van der Waals surface area contributed by atoms with Crippen LogP contribution in [0, 0.1) is 0 Å². The van der Waals surface area contributed by atoms with E-state index in [1.54, 1.807) is 0 Å². The molecule has 0 amide bonds. The van der Waals surface area contributed by atoms with Crippen molar-refractivity contribution in [2.45, 2.75) is 6.42 Å². The van der Waals surface area contributed by atoms with Crippen LogP contribution in [0.1, 0.15) is 6.42 Å². The van der Waals surface area contributed by atoms with Gasteiger partial charge in [-0.05, 0) is 0 Å². The molecule has 0 unspecified atom stereocenters. The van der Waals surface area contributed by atoms with E-state index in [1.165, 1.54) is 7.11 Å². The molecule has 0 aromatic heterocycles. The van der Waals surface area contributed by atoms with E-state index in [0.717, 1.165) is 0 Å². The number of nitrogens with zero attached hydrogens (tertiary/aromatic N) is 1. The van der Waals surface area contributed by atoms with E-state index < -0.39 is 0 Å². The van der Waals surface area contributed by atoms with Crippen LogP contribution in [0.3, 0.4) is 0 Å². The zero-order valence-electron chi connectivity index (χ0n) is 5.29. The van der Waals surface area contributed by atoms with Crippen molar-refractivity contribution in [1.82, 2.24) is 0 Å². The fourth-order valence-electron chi connectivity index (χ4n) is 0.296. The van der Waals surface area contributed by atoms with Crippen molar-refractivity contribution in [3.63, 3.8) is 0 Å². The number of oxime groups is 1. The Morgan fingerprint density at radius 2 is 2.44 bits per heavy atom. The normalized spacial score (nSPS) is 8.11. The molecule has 0 fully saturated rings. The van der Waals surface area contributed by atoms with Crippen LogP contribution in [-0.4, -0.2) is 26.4 Å². The highest BCUT2D eigenvalue weighted by molar-refractivity contribution is 5.69. The summed E-state index contributed by atoms with van der Waals surface area (Å²) in [7, 11) is 1.32. The lowest BCUT2D eigenvalue weighted by molar-refractivity contribution is -0.141. The van der Waals surface area contributed by atoms with Crippen LogP contribution in [0.5, 0.6) is 0 Å². The number of hydrogen-bond acceptors (Lipinski definition) is 4. The largest absolute Gasteiger partial charge is 0.469 e. The average molecular weight is 131 g/mol. The number of methoxy groups -OCH3 is 1. The Labute approximate surface area is 53.4 Å². The van der Waals surface area contributed by atoms with Crippen LogP contribution >= 0.6 is 0 Å². The predicted molar refractivity (Wildman–Crippen MR) is 32.1 cm³/mol. The van der Waals surface area contributed by atoms with Gasteiger partial charge in [-0.25, -0.2) is 0 Å². The lowest BCUT2D eigenvalue weighted by atomic mass is 10.5. The number of hydrogen-bond donors (Lipinski definition) is 0. The van der Waals surface area contributed by atoms with E-state index >= 15 is 0 Å². The first-order valence-electron chi connectivity index (χ1n) is 2.46. The van der Waals surface area contributed by atoms with Crippen molar-refractivity contribution < 1.29 is 14.4 Å². The van der Waals surface area contributed by atoms with Crippen molar-refractivity contribution in [2.75, 3.05) is 13.7 Å². The van der Waals surface area contributed by atoms with E-state index in [1.807, 2.05) is 0 Å². The van der Waals surface area contributed by atoms with Crippen LogP contribution in [0.15, 0.2) is 5.16 Å². The van der Waals surface area contributed by atoms with Gasteiger partial charge < -0.3 is 9.57 Å². The van der Waals surface area contributed by atoms with Crippen molar-refractivity contribution in [3.8, 4) is 0 Å². The summed E-state index contributed by atoms with van der Waals surface area (Å²) in [6.45, 7) is 3.29. The van der Waals surface area contributed by atoms with Crippen LogP contribution < -0.4 is 0 Å². The molecule has 0 radical (unpaired) electrons. The first kappa shape index (κ1) is 7.94. The van der Waals surface area contributed by atoms with Gasteiger partial charge in [0.15, 0.2) is 0 Å². The molecule has 0 spiro atoms. The van der Waals surface area contributed by atoms with Crippen LogP contribution in [0.2, 0.25) is 0 Å². The Kier molecular flexibility index (Phi) is 4.49. The molecular formula is C5H9NO3. The van der Waals surface area contributed by atoms with Crippen molar-refractivity contribution in [1.29, 1.82) is 0 Å². The highest BCUT2D eigenvalue weighted by Crippen LogP contribution is 1.84. The van der Waals surface area contributed by atoms with E-state index in [-0.39, 0.29) is 19.0 Å². The first-order valence-corrected chi connectivity index (χ1v) is 2.46. The van der Waals surface area contributed by atoms with Gasteiger partial charge in [0.05, 0.1) is 13.5 Å². The fourth-order valence-corrected chi connectivity index (χ4v) is 0.296. The standard InChI is InChI=1S/C5H9NO3/c1-6-9-4-3-5(7)8-2/h1,3-4H2,2H3. The zero-order valence-corrected chi connectivity index (χ0v) is 5.29. The number of carbonyl (C=O) groups excluding carboxylic acids is 1. The summed E-state index contributed by atoms with van der Waals surface area (Å²) in [5.41, 5.74) is 0. The van der Waals surface area contributed by atoms with Gasteiger partial charge in [0.1, 0.15) is 6.61 Å². The van der Waals surface area contributed by atoms with Gasteiger partial charge in [0.2, 0.25) is 0 Å². The Hall–Kier alpha value is -1.06. The van der Waals surface area contributed by atoms with E-state index in [2.05, 4.69) is 21.4 Å². The van der Waals surface area contributed by atoms with Gasteiger partial charge in [-0.1, -0.05) is 0 Å². The molecule has 4 nitrogen and oxygen atoms in total. The third kappa shape index (κ3) is 4.80. The average Bonchev–Trinajstić information content (AvgIpc) is 1.89. The molecule has 52 valence electrons. The summed E-state index contributed by atoms with van der Waals surface area (Å²) < 4.78 is 4.32. The molecule has 0 N–H and O–H groups in total. The molecule has 4 heteroatoms. The number of ether oxygens (including phenoxy) is 1. The second-order valence-corrected chi connectivity index (χ2v) is 1.29. The lowest BCUT2D eigenvalue weighted by Crippen LogP contribution is -2.03. The van der Waals surface area contributed by atoms with Crippen molar-refractivity contribution in [2.24, 2.45) is 5.16 Å². The molecule has 0 atom stereocenters. The quantitative estimate of drug-likeness (QED) is 0.237. The zero-order chi connectivity index (χ0) is 7.11. The Morgan fingerprint density at radius 1 is 1.78 bits per heavy atom. The van der Waals surface area contributed by atoms with Gasteiger partial charge in [-0.2, -0.15) is 0 Å². The van der Waals surface area contributed by atoms with Crippen molar-refractivity contribution in [3.05, 3.63) is 0 Å². The number of esters is 1. The maximum Gasteiger partial charge on any atom is 0.309 e. The predicted octanol–water partition coefficient (Wildman–Crippen LogP) is 0.182. The minimum atomic E-state index is -0.307. The molecule has 0 saturated carbocycles. The molecule has 9 heavy (non-hydrogen) atoms. The Morgan fingerprint density at radius 3 is 2.89 bits per heavy atom. The second kappa shape index (κ2) is 5.08. The molecule has 0 rings (SSSR count). The van der Waals surface area contributed by atoms with Crippen LogP contribution in [0.4, 0.5) is 0 Å². The molecule has 0 aromatic rings. The van der Waals surface area contributed by atoms with Gasteiger partial charge in [0, 0.05) is 6.72 Å². The smallest absolute Gasteiger partial charge is 0.309 e. The maximum atomic E-state index is 10.3. The first-order chi connectivity index (χ1) is 4.31. The van der Waals surface area contributed by atoms with Crippen LogP contribution in [-0.2, 0) is 14.4 Å². The highest BCUT2D eigenvalue weighted by atomic mass is 16.6. The molecule has 0 aliphatic carbocycles. The van der Waals surface area contributed by atoms with Crippen LogP contribution in [0.25, 0.3) is 0 Å². The topological polar surface area (TPSA) is 47.9 Å². The van der Waals surface area contributed by atoms with Crippen molar-refractivity contribution >= 4 is 12.7 Å². The summed E-state index contributed by atoms with van der Waals surface area (Å²) in [5, 5.41) is 3.08. The minimum Gasteiger partial charge on any atom is -0.469 e. The molecule has 0 aliphatic heterocycles. The third-order valence-corrected chi connectivity index (χ3v) is 0.716. The maximum absolute atomic E-state index is 10.3.